The highest BCUT2D eigenvalue weighted by atomic mass is 16.7. The van der Waals surface area contributed by atoms with Crippen LogP contribution in [0.5, 0.6) is 0 Å². The number of rotatable bonds is 2. The van der Waals surface area contributed by atoms with E-state index < -0.39 is 17.4 Å². The quantitative estimate of drug-likeness (QED) is 0.606. The Labute approximate surface area is 108 Å². The third-order valence-electron chi connectivity index (χ3n) is 3.06. The predicted molar refractivity (Wildman–Crippen MR) is 68.8 cm³/mol. The van der Waals surface area contributed by atoms with Crippen LogP contribution in [0, 0.1) is 5.92 Å². The Bertz CT molecular complexity index is 402. The minimum absolute atomic E-state index is 0.0208. The molecule has 0 bridgehead atoms. The van der Waals surface area contributed by atoms with Gasteiger partial charge in [-0.2, -0.15) is 0 Å². The van der Waals surface area contributed by atoms with Crippen molar-refractivity contribution >= 4 is 5.97 Å². The van der Waals surface area contributed by atoms with Crippen LogP contribution in [-0.4, -0.2) is 29.6 Å². The zero-order chi connectivity index (χ0) is 14.1. The molecule has 0 amide bonds. The largest absolute Gasteiger partial charge is 0.465 e. The number of hydrogen-bond acceptors (Lipinski definition) is 4. The lowest BCUT2D eigenvalue weighted by atomic mass is 9.80. The molecule has 0 aliphatic carbocycles. The Morgan fingerprint density at radius 2 is 2.06 bits per heavy atom. The lowest BCUT2D eigenvalue weighted by Gasteiger charge is -2.43. The van der Waals surface area contributed by atoms with Gasteiger partial charge in [-0.05, 0) is 40.7 Å². The smallest absolute Gasteiger partial charge is 0.370 e. The lowest BCUT2D eigenvalue weighted by molar-refractivity contribution is -0.250. The molecule has 0 aromatic carbocycles. The van der Waals surface area contributed by atoms with Gasteiger partial charge in [0.1, 0.15) is 0 Å². The van der Waals surface area contributed by atoms with E-state index in [9.17, 15) is 9.90 Å². The highest BCUT2D eigenvalue weighted by Crippen LogP contribution is 2.39. The summed E-state index contributed by atoms with van der Waals surface area (Å²) in [6.45, 7) is 9.58. The Hall–Kier alpha value is -1.13. The Morgan fingerprint density at radius 3 is 2.44 bits per heavy atom. The molecule has 0 saturated heterocycles. The molecule has 2 unspecified atom stereocenters. The molecule has 1 aliphatic rings. The van der Waals surface area contributed by atoms with E-state index in [1.165, 1.54) is 13.2 Å². The van der Waals surface area contributed by atoms with Gasteiger partial charge in [0.15, 0.2) is 0 Å². The van der Waals surface area contributed by atoms with Gasteiger partial charge in [-0.1, -0.05) is 17.2 Å². The zero-order valence-corrected chi connectivity index (χ0v) is 11.9. The molecule has 0 fully saturated rings. The van der Waals surface area contributed by atoms with E-state index in [1.54, 1.807) is 0 Å². The number of ether oxygens (including phenoxy) is 2. The van der Waals surface area contributed by atoms with Crippen molar-refractivity contribution in [3.63, 3.8) is 0 Å². The summed E-state index contributed by atoms with van der Waals surface area (Å²) in [5.41, 5.74) is 1.37. The van der Waals surface area contributed by atoms with Crippen molar-refractivity contribution in [2.24, 2.45) is 5.92 Å². The third-order valence-corrected chi connectivity index (χ3v) is 3.06. The van der Waals surface area contributed by atoms with Crippen LogP contribution in [0.1, 0.15) is 34.6 Å². The summed E-state index contributed by atoms with van der Waals surface area (Å²) in [4.78, 5) is 11.6. The van der Waals surface area contributed by atoms with E-state index in [0.717, 1.165) is 11.1 Å². The first-order chi connectivity index (χ1) is 8.12. The maximum atomic E-state index is 11.6. The standard InChI is InChI=1S/C14H22O4/c1-9(2)7-11-10(3)8-14(16,12(15)17-6)18-13(11,4)5/h7-8,11,16H,1-6H3. The van der Waals surface area contributed by atoms with Crippen molar-refractivity contribution in [3.05, 3.63) is 23.3 Å². The zero-order valence-electron chi connectivity index (χ0n) is 11.9. The van der Waals surface area contributed by atoms with Gasteiger partial charge in [-0.15, -0.1) is 0 Å². The molecular weight excluding hydrogens is 232 g/mol. The highest BCUT2D eigenvalue weighted by molar-refractivity contribution is 5.80. The van der Waals surface area contributed by atoms with E-state index in [0.29, 0.717) is 0 Å². The van der Waals surface area contributed by atoms with Crippen molar-refractivity contribution < 1.29 is 19.4 Å². The van der Waals surface area contributed by atoms with Gasteiger partial charge in [0.25, 0.3) is 5.79 Å². The van der Waals surface area contributed by atoms with Gasteiger partial charge in [0.2, 0.25) is 0 Å². The molecule has 0 aromatic rings. The second kappa shape index (κ2) is 4.86. The molecule has 0 radical (unpaired) electrons. The van der Waals surface area contributed by atoms with Crippen LogP contribution in [0.3, 0.4) is 0 Å². The Kier molecular flexibility index (Phi) is 4.03. The molecule has 1 N–H and O–H groups in total. The molecule has 1 aliphatic heterocycles. The summed E-state index contributed by atoms with van der Waals surface area (Å²) < 4.78 is 10.1. The molecular formula is C14H22O4. The van der Waals surface area contributed by atoms with E-state index >= 15 is 0 Å². The van der Waals surface area contributed by atoms with E-state index in [1.807, 2.05) is 34.6 Å². The van der Waals surface area contributed by atoms with Crippen LogP contribution in [0.15, 0.2) is 23.3 Å². The molecule has 2 atom stereocenters. The Morgan fingerprint density at radius 1 is 1.50 bits per heavy atom. The number of hydrogen-bond donors (Lipinski definition) is 1. The predicted octanol–water partition coefficient (Wildman–Crippen LogP) is 2.19. The topological polar surface area (TPSA) is 55.8 Å². The maximum absolute atomic E-state index is 11.6. The third kappa shape index (κ3) is 2.82. The number of aliphatic hydroxyl groups is 1. The second-order valence-electron chi connectivity index (χ2n) is 5.50. The van der Waals surface area contributed by atoms with Crippen molar-refractivity contribution in [2.45, 2.75) is 46.0 Å². The van der Waals surface area contributed by atoms with Crippen LogP contribution in [-0.2, 0) is 14.3 Å². The molecule has 0 aromatic heterocycles. The first-order valence-electron chi connectivity index (χ1n) is 5.98. The van der Waals surface area contributed by atoms with Gasteiger partial charge >= 0.3 is 5.97 Å². The van der Waals surface area contributed by atoms with Crippen LogP contribution in [0.4, 0.5) is 0 Å². The first kappa shape index (κ1) is 14.9. The van der Waals surface area contributed by atoms with Crippen LogP contribution in [0.25, 0.3) is 0 Å². The maximum Gasteiger partial charge on any atom is 0.370 e. The van der Waals surface area contributed by atoms with Crippen molar-refractivity contribution in [1.29, 1.82) is 0 Å². The molecule has 18 heavy (non-hydrogen) atoms. The Balaban J connectivity index is 3.22. The van der Waals surface area contributed by atoms with Gasteiger partial charge in [0, 0.05) is 5.92 Å². The molecule has 4 nitrogen and oxygen atoms in total. The summed E-state index contributed by atoms with van der Waals surface area (Å²) in [6, 6.07) is 0. The fraction of sp³-hybridized carbons (Fsp3) is 0.643. The summed E-state index contributed by atoms with van der Waals surface area (Å²) in [5.74, 6) is -2.77. The summed E-state index contributed by atoms with van der Waals surface area (Å²) in [7, 11) is 1.22. The SMILES string of the molecule is COC(=O)C1(O)C=C(C)C(C=C(C)C)C(C)(C)O1. The first-order valence-corrected chi connectivity index (χ1v) is 5.98. The normalized spacial score (nSPS) is 30.4. The van der Waals surface area contributed by atoms with Crippen LogP contribution >= 0.6 is 0 Å². The van der Waals surface area contributed by atoms with Crippen molar-refractivity contribution in [3.8, 4) is 0 Å². The summed E-state index contributed by atoms with van der Waals surface area (Å²) >= 11 is 0. The number of allylic oxidation sites excluding steroid dienone is 1. The lowest BCUT2D eigenvalue weighted by Crippen LogP contribution is -2.53. The van der Waals surface area contributed by atoms with Gasteiger partial charge < -0.3 is 14.6 Å². The molecule has 1 rings (SSSR count). The molecule has 1 heterocycles. The number of carbonyl (C=O) groups excluding carboxylic acids is 1. The summed E-state index contributed by atoms with van der Waals surface area (Å²) in [6.07, 6.45) is 3.50. The minimum Gasteiger partial charge on any atom is -0.465 e. The van der Waals surface area contributed by atoms with E-state index in [2.05, 4.69) is 10.8 Å². The van der Waals surface area contributed by atoms with Gasteiger partial charge in [-0.3, -0.25) is 0 Å². The van der Waals surface area contributed by atoms with Crippen molar-refractivity contribution in [1.82, 2.24) is 0 Å². The fourth-order valence-corrected chi connectivity index (χ4v) is 2.35. The van der Waals surface area contributed by atoms with Crippen LogP contribution in [0.2, 0.25) is 0 Å². The number of carbonyl (C=O) groups is 1. The average molecular weight is 254 g/mol. The monoisotopic (exact) mass is 254 g/mol. The second-order valence-corrected chi connectivity index (χ2v) is 5.50. The molecule has 0 spiro atoms. The van der Waals surface area contributed by atoms with E-state index in [4.69, 9.17) is 4.74 Å². The van der Waals surface area contributed by atoms with Gasteiger partial charge in [0.05, 0.1) is 12.7 Å². The molecule has 102 valence electrons. The molecule has 0 saturated carbocycles. The van der Waals surface area contributed by atoms with E-state index in [-0.39, 0.29) is 5.92 Å². The number of methoxy groups -OCH3 is 1. The van der Waals surface area contributed by atoms with Crippen molar-refractivity contribution in [2.75, 3.05) is 7.11 Å². The molecule has 4 heteroatoms. The summed E-state index contributed by atoms with van der Waals surface area (Å²) in [5, 5.41) is 10.2. The van der Waals surface area contributed by atoms with Crippen LogP contribution < -0.4 is 0 Å². The number of esters is 1. The van der Waals surface area contributed by atoms with Gasteiger partial charge in [-0.25, -0.2) is 4.79 Å². The highest BCUT2D eigenvalue weighted by Gasteiger charge is 2.48. The fourth-order valence-electron chi connectivity index (χ4n) is 2.35. The average Bonchev–Trinajstić information content (AvgIpc) is 2.21. The minimum atomic E-state index is -1.99.